The van der Waals surface area contributed by atoms with Gasteiger partial charge in [0.2, 0.25) is 0 Å². The van der Waals surface area contributed by atoms with Gasteiger partial charge in [-0.15, -0.1) is 0 Å². The third kappa shape index (κ3) is 4.47. The number of benzene rings is 1. The topological polar surface area (TPSA) is 45.4 Å². The maximum atomic E-state index is 12.2. The summed E-state index contributed by atoms with van der Waals surface area (Å²) in [6, 6.07) is 8.15. The Bertz CT molecular complexity index is 739. The number of ether oxygens (including phenoxy) is 1. The summed E-state index contributed by atoms with van der Waals surface area (Å²) >= 11 is 3.43. The van der Waals surface area contributed by atoms with Crippen molar-refractivity contribution in [1.82, 2.24) is 4.98 Å². The van der Waals surface area contributed by atoms with Crippen molar-refractivity contribution >= 4 is 27.4 Å². The monoisotopic (exact) mass is 400 g/mol. The van der Waals surface area contributed by atoms with Crippen LogP contribution >= 0.6 is 15.9 Å². The maximum absolute atomic E-state index is 12.2. The fourth-order valence-corrected chi connectivity index (χ4v) is 2.88. The number of rotatable bonds is 6. The van der Waals surface area contributed by atoms with E-state index in [2.05, 4.69) is 25.7 Å². The Morgan fingerprint density at radius 3 is 2.50 bits per heavy atom. The number of anilines is 1. The minimum atomic E-state index is -2.83. The van der Waals surface area contributed by atoms with E-state index in [0.29, 0.717) is 28.2 Å². The first-order valence-corrected chi connectivity index (χ1v) is 7.90. The molecule has 0 amide bonds. The Kier molecular flexibility index (Phi) is 5.82. The van der Waals surface area contributed by atoms with Gasteiger partial charge in [-0.1, -0.05) is 12.1 Å². The van der Waals surface area contributed by atoms with Crippen LogP contribution in [0.5, 0.6) is 5.75 Å². The number of halogens is 3. The number of nitroso groups, excluding NO2 is 1. The fourth-order valence-electron chi connectivity index (χ4n) is 2.27. The van der Waals surface area contributed by atoms with E-state index in [1.807, 2.05) is 11.9 Å². The molecule has 0 aliphatic carbocycles. The van der Waals surface area contributed by atoms with Crippen molar-refractivity contribution in [1.29, 1.82) is 0 Å². The standard InChI is InChI=1S/C16H17BrF2N3O2/c1-10-14(22(3)23)8-13(17)15(20-10)21(2)9-11-4-6-12(7-5-11)24-16(18)19/h4-8,16H,9H2,1-3H3/q+1. The summed E-state index contributed by atoms with van der Waals surface area (Å²) in [4.78, 5) is 17.8. The molecule has 5 nitrogen and oxygen atoms in total. The van der Waals surface area contributed by atoms with Crippen LogP contribution in [0, 0.1) is 11.8 Å². The summed E-state index contributed by atoms with van der Waals surface area (Å²) in [6.07, 6.45) is 0. The van der Waals surface area contributed by atoms with Gasteiger partial charge < -0.3 is 9.64 Å². The lowest BCUT2D eigenvalue weighted by Gasteiger charge is -2.20. The number of nitrogens with zero attached hydrogens (tertiary/aromatic N) is 3. The number of aromatic nitrogens is 1. The Labute approximate surface area is 147 Å². The van der Waals surface area contributed by atoms with E-state index < -0.39 is 6.61 Å². The summed E-state index contributed by atoms with van der Waals surface area (Å²) in [7, 11) is 3.28. The van der Waals surface area contributed by atoms with E-state index in [-0.39, 0.29) is 5.75 Å². The van der Waals surface area contributed by atoms with Crippen molar-refractivity contribution in [3.63, 3.8) is 0 Å². The first-order chi connectivity index (χ1) is 11.3. The Morgan fingerprint density at radius 1 is 1.33 bits per heavy atom. The van der Waals surface area contributed by atoms with Crippen LogP contribution in [0.3, 0.4) is 0 Å². The highest BCUT2D eigenvalue weighted by molar-refractivity contribution is 9.10. The van der Waals surface area contributed by atoms with Gasteiger partial charge in [-0.25, -0.2) is 4.98 Å². The molecule has 1 heterocycles. The Balaban J connectivity index is 2.16. The van der Waals surface area contributed by atoms with Crippen molar-refractivity contribution in [3.05, 3.63) is 51.0 Å². The molecule has 24 heavy (non-hydrogen) atoms. The number of pyridine rings is 1. The van der Waals surface area contributed by atoms with E-state index in [0.717, 1.165) is 10.3 Å². The first-order valence-electron chi connectivity index (χ1n) is 7.11. The van der Waals surface area contributed by atoms with E-state index in [9.17, 15) is 13.7 Å². The van der Waals surface area contributed by atoms with Crippen LogP contribution in [-0.2, 0) is 6.54 Å². The molecule has 0 saturated carbocycles. The lowest BCUT2D eigenvalue weighted by atomic mass is 10.2. The molecule has 0 fully saturated rings. The van der Waals surface area contributed by atoms with Gasteiger partial charge in [0.1, 0.15) is 17.3 Å². The Morgan fingerprint density at radius 2 is 1.96 bits per heavy atom. The molecule has 8 heteroatoms. The van der Waals surface area contributed by atoms with Crippen molar-refractivity contribution in [2.75, 3.05) is 19.0 Å². The van der Waals surface area contributed by atoms with Crippen LogP contribution in [0.25, 0.3) is 0 Å². The molecule has 0 bridgehead atoms. The van der Waals surface area contributed by atoms with Gasteiger partial charge in [-0.3, -0.25) is 0 Å². The average Bonchev–Trinajstić information content (AvgIpc) is 2.50. The average molecular weight is 401 g/mol. The van der Waals surface area contributed by atoms with Gasteiger partial charge in [0.15, 0.2) is 7.05 Å². The molecule has 128 valence electrons. The van der Waals surface area contributed by atoms with Gasteiger partial charge in [-0.2, -0.15) is 8.78 Å². The quantitative estimate of drug-likeness (QED) is 0.672. The fraction of sp³-hybridized carbons (Fsp3) is 0.312. The molecule has 0 aliphatic heterocycles. The normalized spacial score (nSPS) is 10.8. The molecule has 0 unspecified atom stereocenters. The molecule has 1 aromatic carbocycles. The summed E-state index contributed by atoms with van der Waals surface area (Å²) in [5.41, 5.74) is 2.03. The van der Waals surface area contributed by atoms with Crippen LogP contribution in [0.4, 0.5) is 20.3 Å². The lowest BCUT2D eigenvalue weighted by molar-refractivity contribution is -0.429. The van der Waals surface area contributed by atoms with Crippen LogP contribution < -0.4 is 9.64 Å². The SMILES string of the molecule is Cc1nc(N(C)Cc2ccc(OC(F)F)cc2)c(Br)cc1[N+](C)=O. The summed E-state index contributed by atoms with van der Waals surface area (Å²) in [6.45, 7) is -0.546. The Hall–Kier alpha value is -2.09. The zero-order chi connectivity index (χ0) is 17.9. The van der Waals surface area contributed by atoms with E-state index >= 15 is 0 Å². The molecule has 0 aliphatic rings. The second-order valence-electron chi connectivity index (χ2n) is 5.27. The molecule has 0 spiro atoms. The molecule has 0 atom stereocenters. The smallest absolute Gasteiger partial charge is 0.387 e. The van der Waals surface area contributed by atoms with Gasteiger partial charge in [0, 0.05) is 29.3 Å². The zero-order valence-corrected chi connectivity index (χ0v) is 15.0. The second kappa shape index (κ2) is 7.65. The largest absolute Gasteiger partial charge is 0.435 e. The third-order valence-electron chi connectivity index (χ3n) is 3.39. The van der Waals surface area contributed by atoms with Crippen molar-refractivity contribution in [2.45, 2.75) is 20.1 Å². The van der Waals surface area contributed by atoms with Gasteiger partial charge in [0.05, 0.1) is 4.47 Å². The van der Waals surface area contributed by atoms with E-state index in [1.54, 1.807) is 25.1 Å². The first kappa shape index (κ1) is 18.3. The van der Waals surface area contributed by atoms with Crippen LogP contribution in [0.2, 0.25) is 0 Å². The van der Waals surface area contributed by atoms with Crippen molar-refractivity contribution in [3.8, 4) is 5.75 Å². The number of hydrogen-bond donors (Lipinski definition) is 0. The van der Waals surface area contributed by atoms with Crippen LogP contribution in [0.1, 0.15) is 11.3 Å². The van der Waals surface area contributed by atoms with Gasteiger partial charge in [-0.05, 0) is 40.5 Å². The minimum absolute atomic E-state index is 0.120. The molecule has 2 rings (SSSR count). The maximum Gasteiger partial charge on any atom is 0.387 e. The molecule has 0 radical (unpaired) electrons. The van der Waals surface area contributed by atoms with Crippen LogP contribution in [-0.4, -0.2) is 30.5 Å². The third-order valence-corrected chi connectivity index (χ3v) is 3.97. The number of hydrogen-bond acceptors (Lipinski definition) is 4. The van der Waals surface area contributed by atoms with E-state index in [4.69, 9.17) is 0 Å². The zero-order valence-electron chi connectivity index (χ0n) is 13.5. The summed E-state index contributed by atoms with van der Waals surface area (Å²) in [5.74, 6) is 0.806. The number of aryl methyl sites for hydroxylation is 1. The predicted octanol–water partition coefficient (Wildman–Crippen LogP) is 4.43. The lowest BCUT2D eigenvalue weighted by Crippen LogP contribution is -2.19. The van der Waals surface area contributed by atoms with Crippen molar-refractivity contribution in [2.24, 2.45) is 0 Å². The summed E-state index contributed by atoms with van der Waals surface area (Å²) in [5, 5.41) is 0. The molecule has 1 aromatic heterocycles. The molecule has 0 saturated heterocycles. The molecular weight excluding hydrogens is 384 g/mol. The minimum Gasteiger partial charge on any atom is -0.435 e. The van der Waals surface area contributed by atoms with Crippen LogP contribution in [0.15, 0.2) is 34.8 Å². The van der Waals surface area contributed by atoms with Crippen molar-refractivity contribution < 1.29 is 18.3 Å². The molecule has 2 aromatic rings. The van der Waals surface area contributed by atoms with E-state index in [1.165, 1.54) is 19.2 Å². The molecule has 0 N–H and O–H groups in total. The summed E-state index contributed by atoms with van der Waals surface area (Å²) < 4.78 is 30.1. The predicted molar refractivity (Wildman–Crippen MR) is 91.1 cm³/mol. The number of alkyl halides is 2. The van der Waals surface area contributed by atoms with Gasteiger partial charge >= 0.3 is 6.61 Å². The highest BCUT2D eigenvalue weighted by Crippen LogP contribution is 2.30. The highest BCUT2D eigenvalue weighted by Gasteiger charge is 2.18. The second-order valence-corrected chi connectivity index (χ2v) is 6.13. The highest BCUT2D eigenvalue weighted by atomic mass is 79.9. The van der Waals surface area contributed by atoms with Gasteiger partial charge in [0.25, 0.3) is 5.69 Å². The molecular formula is C16H17BrF2N3O2+.